The fraction of sp³-hybridized carbons (Fsp3) is 0.457. The second-order valence-corrected chi connectivity index (χ2v) is 15.3. The Balaban J connectivity index is 1.61. The molecular formula is C35H45F2N3O4S. The summed E-state index contributed by atoms with van der Waals surface area (Å²) in [6, 6.07) is 16.9. The van der Waals surface area contributed by atoms with Crippen LogP contribution in [0.25, 0.3) is 0 Å². The van der Waals surface area contributed by atoms with E-state index in [1.165, 1.54) is 36.9 Å². The number of halogens is 2. The van der Waals surface area contributed by atoms with Crippen LogP contribution in [0, 0.1) is 11.6 Å². The molecule has 4 rings (SSSR count). The second-order valence-electron chi connectivity index (χ2n) is 13.3. The molecule has 3 N–H and O–H groups in total. The van der Waals surface area contributed by atoms with E-state index in [2.05, 4.69) is 55.7 Å². The number of carbonyl (C=O) groups is 1. The largest absolute Gasteiger partial charge is 0.390 e. The molecule has 7 nitrogen and oxygen atoms in total. The van der Waals surface area contributed by atoms with Crippen LogP contribution in [0.3, 0.4) is 0 Å². The number of anilines is 1. The smallest absolute Gasteiger partial charge is 0.251 e. The molecule has 0 heterocycles. The standard InChI is InChI=1S/C35H45F2N3O4S/c1-34(2,3)26-12-10-13-27(21-26)35(15-7-6-8-16-35)38-23-32(41)31(19-24-17-28(36)22-29(37)18-24)39-33(42)25-11-9-14-30(20-25)40(4)45(5,43)44/h9-14,17-18,20-22,31-32,38,41H,6-8,15-16,19,23H2,1-5H3,(H,39,42)/t31-,32+/m0/s1. The van der Waals surface area contributed by atoms with Crippen LogP contribution in [0.2, 0.25) is 0 Å². The van der Waals surface area contributed by atoms with Gasteiger partial charge in [0.05, 0.1) is 24.1 Å². The highest BCUT2D eigenvalue weighted by Crippen LogP contribution is 2.38. The lowest BCUT2D eigenvalue weighted by Gasteiger charge is -2.41. The molecule has 2 atom stereocenters. The highest BCUT2D eigenvalue weighted by atomic mass is 32.2. The van der Waals surface area contributed by atoms with Gasteiger partial charge in [-0.25, -0.2) is 17.2 Å². The predicted octanol–water partition coefficient (Wildman–Crippen LogP) is 5.81. The number of aliphatic hydroxyl groups is 1. The molecule has 1 aliphatic rings. The van der Waals surface area contributed by atoms with Crippen molar-refractivity contribution in [3.05, 3.63) is 101 Å². The van der Waals surface area contributed by atoms with E-state index in [-0.39, 0.29) is 35.0 Å². The second kappa shape index (κ2) is 14.0. The van der Waals surface area contributed by atoms with Crippen molar-refractivity contribution >= 4 is 21.6 Å². The van der Waals surface area contributed by atoms with Gasteiger partial charge in [-0.3, -0.25) is 9.10 Å². The molecule has 1 fully saturated rings. The zero-order valence-electron chi connectivity index (χ0n) is 26.7. The number of hydrogen-bond acceptors (Lipinski definition) is 5. The number of nitrogens with zero attached hydrogens (tertiary/aromatic N) is 1. The molecule has 0 aliphatic heterocycles. The maximum Gasteiger partial charge on any atom is 0.251 e. The number of nitrogens with one attached hydrogen (secondary N) is 2. The van der Waals surface area contributed by atoms with Crippen LogP contribution in [0.4, 0.5) is 14.5 Å². The van der Waals surface area contributed by atoms with E-state index in [0.717, 1.165) is 54.3 Å². The quantitative estimate of drug-likeness (QED) is 0.246. The minimum absolute atomic E-state index is 0.0291. The first-order chi connectivity index (χ1) is 21.1. The summed E-state index contributed by atoms with van der Waals surface area (Å²) in [7, 11) is -2.17. The monoisotopic (exact) mass is 641 g/mol. The zero-order chi connectivity index (χ0) is 33.0. The lowest BCUT2D eigenvalue weighted by Crippen LogP contribution is -2.53. The average molecular weight is 642 g/mol. The molecule has 244 valence electrons. The molecule has 1 aliphatic carbocycles. The maximum absolute atomic E-state index is 14.1. The van der Waals surface area contributed by atoms with Crippen LogP contribution in [0.1, 0.15) is 79.9 Å². The van der Waals surface area contributed by atoms with Crippen LogP contribution in [-0.2, 0) is 27.4 Å². The molecule has 45 heavy (non-hydrogen) atoms. The fourth-order valence-electron chi connectivity index (χ4n) is 6.00. The molecule has 1 saturated carbocycles. The highest BCUT2D eigenvalue weighted by molar-refractivity contribution is 7.92. The molecule has 0 unspecified atom stereocenters. The SMILES string of the molecule is CN(c1cccc(C(=O)N[C@@H](Cc2cc(F)cc(F)c2)[C@H](O)CNC2(c3cccc(C(C)(C)C)c3)CCCCC2)c1)S(C)(=O)=O. The van der Waals surface area contributed by atoms with Crippen molar-refractivity contribution in [1.29, 1.82) is 0 Å². The van der Waals surface area contributed by atoms with E-state index in [0.29, 0.717) is 5.69 Å². The number of hydrogen-bond donors (Lipinski definition) is 3. The Kier molecular flexibility index (Phi) is 10.7. The van der Waals surface area contributed by atoms with Crippen LogP contribution in [0.15, 0.2) is 66.7 Å². The number of sulfonamides is 1. The van der Waals surface area contributed by atoms with Gasteiger partial charge in [0.2, 0.25) is 10.0 Å². The van der Waals surface area contributed by atoms with Crippen molar-refractivity contribution < 1.29 is 27.1 Å². The molecule has 1 amide bonds. The maximum atomic E-state index is 14.1. The summed E-state index contributed by atoms with van der Waals surface area (Å²) in [6.45, 7) is 6.65. The lowest BCUT2D eigenvalue weighted by atomic mass is 9.74. The molecule has 0 bridgehead atoms. The molecule has 3 aromatic carbocycles. The Labute approximate surface area is 266 Å². The van der Waals surface area contributed by atoms with Gasteiger partial charge in [0.15, 0.2) is 0 Å². The average Bonchev–Trinajstić information content (AvgIpc) is 2.98. The molecule has 0 radical (unpaired) electrons. The van der Waals surface area contributed by atoms with Gasteiger partial charge in [-0.15, -0.1) is 0 Å². The number of aliphatic hydroxyl groups excluding tert-OH is 1. The highest BCUT2D eigenvalue weighted by Gasteiger charge is 2.36. The van der Waals surface area contributed by atoms with E-state index in [1.807, 2.05) is 0 Å². The summed E-state index contributed by atoms with van der Waals surface area (Å²) in [5, 5.41) is 18.1. The number of carbonyl (C=O) groups excluding carboxylic acids is 1. The van der Waals surface area contributed by atoms with Gasteiger partial charge in [0.1, 0.15) is 11.6 Å². The van der Waals surface area contributed by atoms with Crippen molar-refractivity contribution in [2.45, 2.75) is 82.4 Å². The molecular weight excluding hydrogens is 596 g/mol. The molecule has 10 heteroatoms. The summed E-state index contributed by atoms with van der Waals surface area (Å²) in [6.07, 6.45) is 4.89. The van der Waals surface area contributed by atoms with Crippen LogP contribution >= 0.6 is 0 Å². The van der Waals surface area contributed by atoms with Crippen molar-refractivity contribution in [3.8, 4) is 0 Å². The summed E-state index contributed by atoms with van der Waals surface area (Å²) < 4.78 is 53.4. The van der Waals surface area contributed by atoms with Crippen molar-refractivity contribution in [2.75, 3.05) is 24.2 Å². The molecule has 0 spiro atoms. The van der Waals surface area contributed by atoms with Gasteiger partial charge in [-0.1, -0.05) is 70.4 Å². The third-order valence-electron chi connectivity index (χ3n) is 8.77. The Hall–Kier alpha value is -3.34. The van der Waals surface area contributed by atoms with Crippen molar-refractivity contribution in [1.82, 2.24) is 10.6 Å². The topological polar surface area (TPSA) is 98.7 Å². The van der Waals surface area contributed by atoms with Crippen LogP contribution in [0.5, 0.6) is 0 Å². The van der Waals surface area contributed by atoms with Gasteiger partial charge in [0, 0.05) is 30.8 Å². The third-order valence-corrected chi connectivity index (χ3v) is 9.97. The number of amides is 1. The zero-order valence-corrected chi connectivity index (χ0v) is 27.6. The molecule has 0 aromatic heterocycles. The van der Waals surface area contributed by atoms with Gasteiger partial charge in [-0.2, -0.15) is 0 Å². The van der Waals surface area contributed by atoms with Gasteiger partial charge in [0.25, 0.3) is 5.91 Å². The van der Waals surface area contributed by atoms with Gasteiger partial charge in [-0.05, 0) is 71.7 Å². The first-order valence-corrected chi connectivity index (χ1v) is 17.3. The number of rotatable bonds is 11. The lowest BCUT2D eigenvalue weighted by molar-refractivity contribution is 0.0788. The van der Waals surface area contributed by atoms with Crippen LogP contribution < -0.4 is 14.9 Å². The normalized spacial score (nSPS) is 16.5. The van der Waals surface area contributed by atoms with E-state index in [9.17, 15) is 27.1 Å². The fourth-order valence-corrected chi connectivity index (χ4v) is 6.50. The number of benzene rings is 3. The third kappa shape index (κ3) is 8.89. The predicted molar refractivity (Wildman–Crippen MR) is 175 cm³/mol. The molecule has 3 aromatic rings. The van der Waals surface area contributed by atoms with Crippen LogP contribution in [-0.4, -0.2) is 51.4 Å². The van der Waals surface area contributed by atoms with E-state index in [4.69, 9.17) is 0 Å². The van der Waals surface area contributed by atoms with Gasteiger partial charge >= 0.3 is 0 Å². The van der Waals surface area contributed by atoms with Crippen molar-refractivity contribution in [3.63, 3.8) is 0 Å². The summed E-state index contributed by atoms with van der Waals surface area (Å²) in [5.74, 6) is -2.05. The summed E-state index contributed by atoms with van der Waals surface area (Å²) >= 11 is 0. The minimum Gasteiger partial charge on any atom is -0.390 e. The molecule has 0 saturated heterocycles. The summed E-state index contributed by atoms with van der Waals surface area (Å²) in [5.41, 5.74) is 2.73. The minimum atomic E-state index is -3.56. The Morgan fingerprint density at radius 1 is 0.978 bits per heavy atom. The summed E-state index contributed by atoms with van der Waals surface area (Å²) in [4.78, 5) is 13.5. The Bertz CT molecular complexity index is 1580. The van der Waals surface area contributed by atoms with E-state index in [1.54, 1.807) is 12.1 Å². The first kappa shape index (κ1) is 34.5. The van der Waals surface area contributed by atoms with E-state index >= 15 is 0 Å². The van der Waals surface area contributed by atoms with Crippen molar-refractivity contribution in [2.24, 2.45) is 0 Å². The Morgan fingerprint density at radius 3 is 2.24 bits per heavy atom. The van der Waals surface area contributed by atoms with E-state index < -0.39 is 39.7 Å². The van der Waals surface area contributed by atoms with Gasteiger partial charge < -0.3 is 15.7 Å². The first-order valence-electron chi connectivity index (χ1n) is 15.4. The Morgan fingerprint density at radius 2 is 1.62 bits per heavy atom.